The van der Waals surface area contributed by atoms with Crippen LogP contribution in [-0.2, 0) is 27.3 Å². The van der Waals surface area contributed by atoms with E-state index in [1.54, 1.807) is 25.3 Å². The van der Waals surface area contributed by atoms with Gasteiger partial charge in [0.15, 0.2) is 6.61 Å². The van der Waals surface area contributed by atoms with Crippen molar-refractivity contribution in [2.75, 3.05) is 13.7 Å². The van der Waals surface area contributed by atoms with E-state index in [9.17, 15) is 9.59 Å². The fourth-order valence-corrected chi connectivity index (χ4v) is 2.75. The van der Waals surface area contributed by atoms with Crippen molar-refractivity contribution in [1.29, 1.82) is 0 Å². The quantitative estimate of drug-likeness (QED) is 0.690. The molecule has 1 amide bonds. The third-order valence-corrected chi connectivity index (χ3v) is 4.23. The molecule has 0 fully saturated rings. The molecule has 138 valence electrons. The van der Waals surface area contributed by atoms with E-state index in [-0.39, 0.29) is 19.6 Å². The highest BCUT2D eigenvalue weighted by molar-refractivity contribution is 6.35. The molecule has 2 aromatic rings. The van der Waals surface area contributed by atoms with Crippen molar-refractivity contribution in [1.82, 2.24) is 5.32 Å². The molecule has 0 saturated heterocycles. The molecule has 5 nitrogen and oxygen atoms in total. The van der Waals surface area contributed by atoms with Crippen molar-refractivity contribution >= 4 is 35.1 Å². The summed E-state index contributed by atoms with van der Waals surface area (Å²) in [7, 11) is 1.58. The second-order valence-corrected chi connectivity index (χ2v) is 6.33. The van der Waals surface area contributed by atoms with E-state index in [0.29, 0.717) is 16.5 Å². The monoisotopic (exact) mass is 395 g/mol. The minimum Gasteiger partial charge on any atom is -0.496 e. The highest BCUT2D eigenvalue weighted by Gasteiger charge is 2.10. The summed E-state index contributed by atoms with van der Waals surface area (Å²) < 4.78 is 10.2. The van der Waals surface area contributed by atoms with Gasteiger partial charge in [0, 0.05) is 23.0 Å². The van der Waals surface area contributed by atoms with Crippen molar-refractivity contribution in [3.8, 4) is 5.75 Å². The summed E-state index contributed by atoms with van der Waals surface area (Å²) in [6.45, 7) is -0.108. The maximum absolute atomic E-state index is 11.8. The molecule has 0 spiro atoms. The van der Waals surface area contributed by atoms with Gasteiger partial charge in [0.2, 0.25) is 0 Å². The first kappa shape index (κ1) is 20.1. The predicted octanol–water partition coefficient (Wildman–Crippen LogP) is 3.79. The van der Waals surface area contributed by atoms with Crippen molar-refractivity contribution in [3.05, 3.63) is 63.6 Å². The number of benzene rings is 2. The van der Waals surface area contributed by atoms with E-state index in [2.05, 4.69) is 5.32 Å². The SMILES string of the molecule is COc1ccccc1CCC(=O)OCC(=O)NCc1ccc(Cl)cc1Cl. The zero-order valence-corrected chi connectivity index (χ0v) is 15.8. The second-order valence-electron chi connectivity index (χ2n) is 5.48. The molecule has 0 aliphatic heterocycles. The summed E-state index contributed by atoms with van der Waals surface area (Å²) in [5, 5.41) is 3.63. The lowest BCUT2D eigenvalue weighted by Crippen LogP contribution is -2.28. The Morgan fingerprint density at radius 2 is 1.85 bits per heavy atom. The normalized spacial score (nSPS) is 10.3. The number of aryl methyl sites for hydroxylation is 1. The van der Waals surface area contributed by atoms with E-state index in [1.165, 1.54) is 0 Å². The molecule has 0 aliphatic rings. The van der Waals surface area contributed by atoms with Gasteiger partial charge in [0.1, 0.15) is 5.75 Å². The Hall–Kier alpha value is -2.24. The van der Waals surface area contributed by atoms with Gasteiger partial charge in [0.05, 0.1) is 7.11 Å². The standard InChI is InChI=1S/C19H19Cl2NO4/c1-25-17-5-3-2-4-13(17)7-9-19(24)26-12-18(23)22-11-14-6-8-15(20)10-16(14)21/h2-6,8,10H,7,9,11-12H2,1H3,(H,22,23). The van der Waals surface area contributed by atoms with Crippen LogP contribution in [0.1, 0.15) is 17.5 Å². The van der Waals surface area contributed by atoms with Crippen LogP contribution in [0.2, 0.25) is 10.0 Å². The molecule has 0 aliphatic carbocycles. The molecule has 0 aromatic heterocycles. The van der Waals surface area contributed by atoms with E-state index in [4.69, 9.17) is 32.7 Å². The summed E-state index contributed by atoms with van der Waals surface area (Å²) >= 11 is 11.9. The van der Waals surface area contributed by atoms with Crippen LogP contribution in [0.15, 0.2) is 42.5 Å². The highest BCUT2D eigenvalue weighted by atomic mass is 35.5. The number of para-hydroxylation sites is 1. The van der Waals surface area contributed by atoms with Crippen LogP contribution in [0.25, 0.3) is 0 Å². The minimum absolute atomic E-state index is 0.163. The molecule has 0 radical (unpaired) electrons. The topological polar surface area (TPSA) is 64.6 Å². The third-order valence-electron chi connectivity index (χ3n) is 3.65. The molecule has 0 saturated carbocycles. The number of carbonyl (C=O) groups is 2. The first-order valence-electron chi connectivity index (χ1n) is 7.97. The van der Waals surface area contributed by atoms with Crippen LogP contribution in [0.3, 0.4) is 0 Å². The number of nitrogens with one attached hydrogen (secondary N) is 1. The number of hydrogen-bond donors (Lipinski definition) is 1. The molecule has 0 bridgehead atoms. The molecule has 0 heterocycles. The molecular formula is C19H19Cl2NO4. The van der Waals surface area contributed by atoms with Gasteiger partial charge in [0.25, 0.3) is 5.91 Å². The first-order chi connectivity index (χ1) is 12.5. The van der Waals surface area contributed by atoms with Crippen LogP contribution in [0.5, 0.6) is 5.75 Å². The smallest absolute Gasteiger partial charge is 0.306 e. The minimum atomic E-state index is -0.449. The van der Waals surface area contributed by atoms with Gasteiger partial charge in [-0.05, 0) is 35.7 Å². The molecule has 1 N–H and O–H groups in total. The van der Waals surface area contributed by atoms with Crippen LogP contribution in [-0.4, -0.2) is 25.6 Å². The Morgan fingerprint density at radius 1 is 1.08 bits per heavy atom. The fraction of sp³-hybridized carbons (Fsp3) is 0.263. The van der Waals surface area contributed by atoms with Crippen LogP contribution < -0.4 is 10.1 Å². The van der Waals surface area contributed by atoms with Crippen LogP contribution in [0, 0.1) is 0 Å². The molecule has 2 aromatic carbocycles. The van der Waals surface area contributed by atoms with Crippen molar-refractivity contribution in [2.24, 2.45) is 0 Å². The van der Waals surface area contributed by atoms with Crippen LogP contribution >= 0.6 is 23.2 Å². The molecular weight excluding hydrogens is 377 g/mol. The lowest BCUT2D eigenvalue weighted by atomic mass is 10.1. The average molecular weight is 396 g/mol. The first-order valence-corrected chi connectivity index (χ1v) is 8.73. The summed E-state index contributed by atoms with van der Waals surface area (Å²) in [6, 6.07) is 12.5. The van der Waals surface area contributed by atoms with Gasteiger partial charge >= 0.3 is 5.97 Å². The average Bonchev–Trinajstić information content (AvgIpc) is 2.64. The van der Waals surface area contributed by atoms with E-state index in [0.717, 1.165) is 16.9 Å². The Morgan fingerprint density at radius 3 is 2.58 bits per heavy atom. The maximum Gasteiger partial charge on any atom is 0.306 e. The van der Waals surface area contributed by atoms with Gasteiger partial charge in [-0.1, -0.05) is 47.5 Å². The zero-order chi connectivity index (χ0) is 18.9. The van der Waals surface area contributed by atoms with Crippen LogP contribution in [0.4, 0.5) is 0 Å². The largest absolute Gasteiger partial charge is 0.496 e. The molecule has 2 rings (SSSR count). The summed E-state index contributed by atoms with van der Waals surface area (Å²) in [5.74, 6) is -0.130. The number of carbonyl (C=O) groups excluding carboxylic acids is 2. The van der Waals surface area contributed by atoms with E-state index < -0.39 is 11.9 Å². The third kappa shape index (κ3) is 6.24. The molecule has 0 atom stereocenters. The fourth-order valence-electron chi connectivity index (χ4n) is 2.27. The lowest BCUT2D eigenvalue weighted by molar-refractivity contribution is -0.148. The van der Waals surface area contributed by atoms with Gasteiger partial charge in [-0.2, -0.15) is 0 Å². The maximum atomic E-state index is 11.8. The second kappa shape index (κ2) is 10.0. The Balaban J connectivity index is 1.72. The number of esters is 1. The van der Waals surface area contributed by atoms with Gasteiger partial charge in [-0.15, -0.1) is 0 Å². The predicted molar refractivity (Wildman–Crippen MR) is 101 cm³/mol. The number of halogens is 2. The summed E-state index contributed by atoms with van der Waals surface area (Å²) in [4.78, 5) is 23.6. The van der Waals surface area contributed by atoms with Gasteiger partial charge in [-0.25, -0.2) is 0 Å². The van der Waals surface area contributed by atoms with Gasteiger partial charge < -0.3 is 14.8 Å². The van der Waals surface area contributed by atoms with E-state index >= 15 is 0 Å². The number of amides is 1. The Bertz CT molecular complexity index is 780. The number of rotatable bonds is 8. The molecule has 7 heteroatoms. The van der Waals surface area contributed by atoms with Crippen molar-refractivity contribution in [3.63, 3.8) is 0 Å². The highest BCUT2D eigenvalue weighted by Crippen LogP contribution is 2.21. The van der Waals surface area contributed by atoms with Crippen molar-refractivity contribution < 1.29 is 19.1 Å². The molecule has 26 heavy (non-hydrogen) atoms. The molecule has 0 unspecified atom stereocenters. The Labute approximate surface area is 162 Å². The number of ether oxygens (including phenoxy) is 2. The van der Waals surface area contributed by atoms with E-state index in [1.807, 2.05) is 24.3 Å². The van der Waals surface area contributed by atoms with Gasteiger partial charge in [-0.3, -0.25) is 9.59 Å². The number of methoxy groups -OCH3 is 1. The summed E-state index contributed by atoms with van der Waals surface area (Å²) in [6.07, 6.45) is 0.640. The number of hydrogen-bond acceptors (Lipinski definition) is 4. The van der Waals surface area contributed by atoms with Crippen molar-refractivity contribution in [2.45, 2.75) is 19.4 Å². The lowest BCUT2D eigenvalue weighted by Gasteiger charge is -2.09. The Kier molecular flexibility index (Phi) is 7.75. The summed E-state index contributed by atoms with van der Waals surface area (Å²) in [5.41, 5.74) is 1.64. The zero-order valence-electron chi connectivity index (χ0n) is 14.3.